The van der Waals surface area contributed by atoms with E-state index in [0.717, 1.165) is 28.6 Å². The van der Waals surface area contributed by atoms with Gasteiger partial charge in [0.15, 0.2) is 0 Å². The van der Waals surface area contributed by atoms with Crippen molar-refractivity contribution >= 4 is 33.2 Å². The third-order valence-electron chi connectivity index (χ3n) is 5.09. The molecular weight excluding hydrogens is 489 g/mol. The van der Waals surface area contributed by atoms with Crippen LogP contribution in [0.2, 0.25) is 0 Å². The van der Waals surface area contributed by atoms with E-state index in [1.54, 1.807) is 24.3 Å². The number of rotatable bonds is 11. The first-order chi connectivity index (χ1) is 17.3. The maximum Gasteiger partial charge on any atom is 0.264 e. The van der Waals surface area contributed by atoms with Crippen LogP contribution in [0.25, 0.3) is 0 Å². The first kappa shape index (κ1) is 26.6. The molecule has 0 spiro atoms. The van der Waals surface area contributed by atoms with Gasteiger partial charge in [-0.1, -0.05) is 12.1 Å². The molecule has 36 heavy (non-hydrogen) atoms. The van der Waals surface area contributed by atoms with Crippen molar-refractivity contribution in [3.05, 3.63) is 84.2 Å². The number of para-hydroxylation sites is 1. The van der Waals surface area contributed by atoms with Gasteiger partial charge in [0.05, 0.1) is 35.6 Å². The molecule has 0 unspecified atom stereocenters. The molecule has 0 saturated carbocycles. The molecule has 190 valence electrons. The zero-order valence-corrected chi connectivity index (χ0v) is 20.5. The molecule has 0 saturated heterocycles. The number of anilines is 2. The van der Waals surface area contributed by atoms with E-state index in [2.05, 4.69) is 10.6 Å². The first-order valence-electron chi connectivity index (χ1n) is 10.8. The number of amides is 2. The Morgan fingerprint density at radius 2 is 1.61 bits per heavy atom. The molecule has 0 aliphatic rings. The summed E-state index contributed by atoms with van der Waals surface area (Å²) in [5.74, 6) is -1.21. The number of nitrogens with one attached hydrogen (secondary N) is 2. The van der Waals surface area contributed by atoms with E-state index in [1.807, 2.05) is 0 Å². The average Bonchev–Trinajstić information content (AvgIpc) is 2.88. The van der Waals surface area contributed by atoms with Crippen LogP contribution in [0.15, 0.2) is 77.7 Å². The molecule has 0 aliphatic carbocycles. The number of carbonyl (C=O) groups is 2. The molecule has 0 heterocycles. The minimum atomic E-state index is -4.25. The van der Waals surface area contributed by atoms with Gasteiger partial charge < -0.3 is 20.1 Å². The highest BCUT2D eigenvalue weighted by Crippen LogP contribution is 2.26. The van der Waals surface area contributed by atoms with Crippen LogP contribution in [0.1, 0.15) is 10.4 Å². The number of halogens is 1. The predicted molar refractivity (Wildman–Crippen MR) is 133 cm³/mol. The molecule has 3 aromatic rings. The van der Waals surface area contributed by atoms with E-state index < -0.39 is 34.2 Å². The highest BCUT2D eigenvalue weighted by atomic mass is 32.2. The number of sulfonamides is 1. The van der Waals surface area contributed by atoms with E-state index >= 15 is 0 Å². The summed E-state index contributed by atoms with van der Waals surface area (Å²) in [7, 11) is -1.27. The van der Waals surface area contributed by atoms with Crippen molar-refractivity contribution in [1.29, 1.82) is 0 Å². The summed E-state index contributed by atoms with van der Waals surface area (Å²) in [4.78, 5) is 25.4. The number of methoxy groups -OCH3 is 2. The zero-order chi connectivity index (χ0) is 26.1. The zero-order valence-electron chi connectivity index (χ0n) is 19.7. The van der Waals surface area contributed by atoms with E-state index in [9.17, 15) is 22.4 Å². The Labute approximate surface area is 208 Å². The summed E-state index contributed by atoms with van der Waals surface area (Å²) in [5, 5.41) is 5.29. The molecule has 0 atom stereocenters. The van der Waals surface area contributed by atoms with Crippen molar-refractivity contribution in [2.45, 2.75) is 4.90 Å². The number of ether oxygens (including phenoxy) is 2. The quantitative estimate of drug-likeness (QED) is 0.380. The first-order valence-corrected chi connectivity index (χ1v) is 12.3. The summed E-state index contributed by atoms with van der Waals surface area (Å²) in [5.41, 5.74) is 0.617. The summed E-state index contributed by atoms with van der Waals surface area (Å²) >= 11 is 0. The largest absolute Gasteiger partial charge is 0.497 e. The Balaban J connectivity index is 1.89. The topological polar surface area (TPSA) is 114 Å². The van der Waals surface area contributed by atoms with Crippen molar-refractivity contribution in [2.24, 2.45) is 0 Å². The fraction of sp³-hybridized carbons (Fsp3) is 0.200. The van der Waals surface area contributed by atoms with Gasteiger partial charge in [0.2, 0.25) is 5.91 Å². The summed E-state index contributed by atoms with van der Waals surface area (Å²) < 4.78 is 51.2. The Bertz CT molecular complexity index is 1300. The normalized spacial score (nSPS) is 11.0. The number of hydrogen-bond acceptors (Lipinski definition) is 6. The lowest BCUT2D eigenvalue weighted by molar-refractivity contribution is -0.114. The van der Waals surface area contributed by atoms with Crippen molar-refractivity contribution in [2.75, 3.05) is 43.5 Å². The predicted octanol–water partition coefficient (Wildman–Crippen LogP) is 3.04. The van der Waals surface area contributed by atoms with Crippen LogP contribution >= 0.6 is 0 Å². The van der Waals surface area contributed by atoms with Crippen LogP contribution in [0.4, 0.5) is 15.8 Å². The molecule has 0 fully saturated rings. The monoisotopic (exact) mass is 515 g/mol. The van der Waals surface area contributed by atoms with Gasteiger partial charge in [-0.3, -0.25) is 13.9 Å². The van der Waals surface area contributed by atoms with Gasteiger partial charge in [-0.05, 0) is 60.7 Å². The van der Waals surface area contributed by atoms with E-state index in [1.165, 1.54) is 38.5 Å². The highest BCUT2D eigenvalue weighted by molar-refractivity contribution is 7.92. The molecule has 0 radical (unpaired) electrons. The smallest absolute Gasteiger partial charge is 0.264 e. The molecule has 9 nitrogen and oxygen atoms in total. The lowest BCUT2D eigenvalue weighted by atomic mass is 10.1. The van der Waals surface area contributed by atoms with Crippen LogP contribution in [0.3, 0.4) is 0 Å². The molecule has 2 N–H and O–H groups in total. The second-order valence-electron chi connectivity index (χ2n) is 7.51. The van der Waals surface area contributed by atoms with Gasteiger partial charge in [0.25, 0.3) is 15.9 Å². The molecule has 11 heteroatoms. The second-order valence-corrected chi connectivity index (χ2v) is 9.37. The number of hydrogen-bond donors (Lipinski definition) is 2. The van der Waals surface area contributed by atoms with E-state index in [-0.39, 0.29) is 28.4 Å². The SMILES string of the molecule is COCCNC(=O)c1ccccc1NC(=O)CN(c1ccc(OC)cc1)S(=O)(=O)c1ccc(F)cc1. The molecule has 3 aromatic carbocycles. The summed E-state index contributed by atoms with van der Waals surface area (Å²) in [6, 6.07) is 16.7. The lowest BCUT2D eigenvalue weighted by Crippen LogP contribution is -2.38. The number of benzene rings is 3. The van der Waals surface area contributed by atoms with Crippen molar-refractivity contribution in [3.8, 4) is 5.75 Å². The Morgan fingerprint density at radius 1 is 0.944 bits per heavy atom. The Kier molecular flexibility index (Phi) is 8.98. The van der Waals surface area contributed by atoms with Crippen molar-refractivity contribution < 1.29 is 31.9 Å². The Morgan fingerprint density at radius 3 is 2.25 bits per heavy atom. The molecular formula is C25H26FN3O6S. The maximum absolute atomic E-state index is 13.4. The van der Waals surface area contributed by atoms with Crippen molar-refractivity contribution in [3.63, 3.8) is 0 Å². The molecule has 0 aliphatic heterocycles. The average molecular weight is 516 g/mol. The second kappa shape index (κ2) is 12.1. The van der Waals surface area contributed by atoms with Gasteiger partial charge in [-0.25, -0.2) is 12.8 Å². The van der Waals surface area contributed by atoms with Gasteiger partial charge in [0, 0.05) is 13.7 Å². The third kappa shape index (κ3) is 6.58. The van der Waals surface area contributed by atoms with Crippen LogP contribution in [0.5, 0.6) is 5.75 Å². The minimum Gasteiger partial charge on any atom is -0.497 e. The van der Waals surface area contributed by atoms with Gasteiger partial charge in [-0.15, -0.1) is 0 Å². The van der Waals surface area contributed by atoms with Crippen LogP contribution in [0, 0.1) is 5.82 Å². The maximum atomic E-state index is 13.4. The standard InChI is InChI=1S/C25H26FN3O6S/c1-34-16-15-27-25(31)22-5-3-4-6-23(22)28-24(30)17-29(19-9-11-20(35-2)12-10-19)36(32,33)21-13-7-18(26)8-14-21/h3-14H,15-17H2,1-2H3,(H,27,31)(H,28,30). The summed E-state index contributed by atoms with van der Waals surface area (Å²) in [6.45, 7) is -0.0111. The Hall–Kier alpha value is -3.96. The highest BCUT2D eigenvalue weighted by Gasteiger charge is 2.28. The third-order valence-corrected chi connectivity index (χ3v) is 6.87. The molecule has 3 rings (SSSR count). The van der Waals surface area contributed by atoms with Crippen LogP contribution in [-0.4, -0.2) is 54.1 Å². The van der Waals surface area contributed by atoms with Crippen LogP contribution < -0.4 is 19.7 Å². The van der Waals surface area contributed by atoms with E-state index in [4.69, 9.17) is 9.47 Å². The lowest BCUT2D eigenvalue weighted by Gasteiger charge is -2.24. The minimum absolute atomic E-state index is 0.189. The number of nitrogens with zero attached hydrogens (tertiary/aromatic N) is 1. The summed E-state index contributed by atoms with van der Waals surface area (Å²) in [6.07, 6.45) is 0. The van der Waals surface area contributed by atoms with Gasteiger partial charge in [-0.2, -0.15) is 0 Å². The number of carbonyl (C=O) groups excluding carboxylic acids is 2. The van der Waals surface area contributed by atoms with Crippen LogP contribution in [-0.2, 0) is 19.6 Å². The molecule has 0 bridgehead atoms. The van der Waals surface area contributed by atoms with Gasteiger partial charge in [0.1, 0.15) is 18.1 Å². The van der Waals surface area contributed by atoms with Gasteiger partial charge >= 0.3 is 0 Å². The fourth-order valence-corrected chi connectivity index (χ4v) is 4.69. The van der Waals surface area contributed by atoms with Crippen molar-refractivity contribution in [1.82, 2.24) is 5.32 Å². The fourth-order valence-electron chi connectivity index (χ4n) is 3.27. The van der Waals surface area contributed by atoms with E-state index in [0.29, 0.717) is 12.4 Å². The molecule has 0 aromatic heterocycles. The molecule has 2 amide bonds.